The van der Waals surface area contributed by atoms with Crippen LogP contribution in [0, 0.1) is 0 Å². The van der Waals surface area contributed by atoms with Gasteiger partial charge in [0.05, 0.1) is 11.1 Å². The Morgan fingerprint density at radius 1 is 1.08 bits per heavy atom. The number of benzene rings is 2. The largest absolute Gasteiger partial charge is 0.366 e. The summed E-state index contributed by atoms with van der Waals surface area (Å²) in [5.41, 5.74) is 6.41. The standard InChI is InChI=1S/C14H17N5O.C6H6/c15-13(20)10-4-1-5-11-12(10)17-8-18-14(11)19-9-3-2-6-16-7-9;1-2-4-6-5-3-1/h1,4-5,8-9,16H,2-3,6-7H2,(H2,15,20)(H,17,18,19);1-6H. The molecule has 1 saturated heterocycles. The van der Waals surface area contributed by atoms with Crippen molar-refractivity contribution in [2.45, 2.75) is 18.9 Å². The number of anilines is 1. The molecule has 1 aromatic heterocycles. The summed E-state index contributed by atoms with van der Waals surface area (Å²) in [4.78, 5) is 19.9. The molecule has 4 N–H and O–H groups in total. The van der Waals surface area contributed by atoms with Crippen LogP contribution in [0.4, 0.5) is 5.82 Å². The van der Waals surface area contributed by atoms with E-state index in [0.29, 0.717) is 17.1 Å². The van der Waals surface area contributed by atoms with Gasteiger partial charge in [-0.3, -0.25) is 4.79 Å². The Hall–Kier alpha value is -2.99. The third kappa shape index (κ3) is 4.55. The number of carbonyl (C=O) groups excluding carboxylic acids is 1. The first-order valence-electron chi connectivity index (χ1n) is 8.76. The molecule has 26 heavy (non-hydrogen) atoms. The maximum absolute atomic E-state index is 11.4. The molecule has 1 amide bonds. The normalized spacial score (nSPS) is 16.4. The number of primary amides is 1. The van der Waals surface area contributed by atoms with Crippen LogP contribution in [0.25, 0.3) is 10.9 Å². The van der Waals surface area contributed by atoms with Crippen LogP contribution < -0.4 is 16.4 Å². The molecule has 0 saturated carbocycles. The van der Waals surface area contributed by atoms with Crippen LogP contribution in [0.2, 0.25) is 0 Å². The molecular weight excluding hydrogens is 326 g/mol. The molecule has 0 bridgehead atoms. The number of aromatic nitrogens is 2. The second-order valence-corrected chi connectivity index (χ2v) is 6.13. The first-order valence-corrected chi connectivity index (χ1v) is 8.76. The van der Waals surface area contributed by atoms with E-state index in [1.165, 1.54) is 6.33 Å². The summed E-state index contributed by atoms with van der Waals surface area (Å²) in [7, 11) is 0. The second kappa shape index (κ2) is 8.92. The van der Waals surface area contributed by atoms with E-state index in [9.17, 15) is 4.79 Å². The minimum Gasteiger partial charge on any atom is -0.366 e. The smallest absolute Gasteiger partial charge is 0.250 e. The Labute approximate surface area is 152 Å². The molecule has 1 aliphatic heterocycles. The van der Waals surface area contributed by atoms with Crippen molar-refractivity contribution in [1.82, 2.24) is 15.3 Å². The van der Waals surface area contributed by atoms with Crippen LogP contribution in [0.5, 0.6) is 0 Å². The summed E-state index contributed by atoms with van der Waals surface area (Å²) in [6.45, 7) is 1.98. The molecule has 2 aromatic carbocycles. The van der Waals surface area contributed by atoms with E-state index >= 15 is 0 Å². The average Bonchev–Trinajstić information content (AvgIpc) is 2.70. The van der Waals surface area contributed by atoms with Crippen molar-refractivity contribution in [3.8, 4) is 0 Å². The van der Waals surface area contributed by atoms with Gasteiger partial charge in [-0.15, -0.1) is 0 Å². The number of piperidine rings is 1. The monoisotopic (exact) mass is 349 g/mol. The number of hydrogen-bond acceptors (Lipinski definition) is 5. The van der Waals surface area contributed by atoms with Crippen molar-refractivity contribution < 1.29 is 4.79 Å². The van der Waals surface area contributed by atoms with E-state index in [-0.39, 0.29) is 0 Å². The number of carbonyl (C=O) groups is 1. The number of nitrogens with one attached hydrogen (secondary N) is 2. The molecule has 0 aliphatic carbocycles. The Balaban J connectivity index is 0.000000278. The summed E-state index contributed by atoms with van der Waals surface area (Å²) < 4.78 is 0. The van der Waals surface area contributed by atoms with Crippen LogP contribution in [-0.2, 0) is 0 Å². The molecule has 3 aromatic rings. The fraction of sp³-hybridized carbons (Fsp3) is 0.250. The van der Waals surface area contributed by atoms with Gasteiger partial charge < -0.3 is 16.4 Å². The highest BCUT2D eigenvalue weighted by Crippen LogP contribution is 2.23. The van der Waals surface area contributed by atoms with Crippen molar-refractivity contribution in [3.05, 3.63) is 66.5 Å². The fourth-order valence-corrected chi connectivity index (χ4v) is 2.95. The van der Waals surface area contributed by atoms with E-state index in [1.54, 1.807) is 12.1 Å². The summed E-state index contributed by atoms with van der Waals surface area (Å²) in [5, 5.41) is 7.61. The molecule has 6 nitrogen and oxygen atoms in total. The highest BCUT2D eigenvalue weighted by molar-refractivity contribution is 6.06. The van der Waals surface area contributed by atoms with Crippen molar-refractivity contribution in [2.75, 3.05) is 18.4 Å². The zero-order chi connectivity index (χ0) is 18.2. The van der Waals surface area contributed by atoms with Gasteiger partial charge in [0.25, 0.3) is 5.91 Å². The molecule has 4 rings (SSSR count). The topological polar surface area (TPSA) is 92.9 Å². The van der Waals surface area contributed by atoms with Crippen molar-refractivity contribution >= 4 is 22.6 Å². The lowest BCUT2D eigenvalue weighted by Crippen LogP contribution is -2.38. The van der Waals surface area contributed by atoms with Gasteiger partial charge in [-0.1, -0.05) is 42.5 Å². The first kappa shape index (κ1) is 17.8. The van der Waals surface area contributed by atoms with Gasteiger partial charge in [-0.2, -0.15) is 0 Å². The van der Waals surface area contributed by atoms with Gasteiger partial charge in [0.2, 0.25) is 0 Å². The Morgan fingerprint density at radius 2 is 1.81 bits per heavy atom. The van der Waals surface area contributed by atoms with E-state index in [2.05, 4.69) is 20.6 Å². The van der Waals surface area contributed by atoms with Gasteiger partial charge in [0.1, 0.15) is 12.1 Å². The molecule has 0 radical (unpaired) electrons. The van der Waals surface area contributed by atoms with Gasteiger partial charge >= 0.3 is 0 Å². The van der Waals surface area contributed by atoms with Crippen LogP contribution in [0.15, 0.2) is 60.9 Å². The van der Waals surface area contributed by atoms with E-state index in [4.69, 9.17) is 5.73 Å². The number of rotatable bonds is 3. The predicted molar refractivity (Wildman–Crippen MR) is 104 cm³/mol. The third-order valence-electron chi connectivity index (χ3n) is 4.23. The lowest BCUT2D eigenvalue weighted by molar-refractivity contribution is 0.100. The number of hydrogen-bond donors (Lipinski definition) is 3. The maximum atomic E-state index is 11.4. The molecule has 1 aliphatic rings. The van der Waals surface area contributed by atoms with Crippen LogP contribution >= 0.6 is 0 Å². The Morgan fingerprint density at radius 3 is 2.42 bits per heavy atom. The maximum Gasteiger partial charge on any atom is 0.250 e. The number of nitrogens with zero attached hydrogens (tertiary/aromatic N) is 2. The van der Waals surface area contributed by atoms with Crippen LogP contribution in [0.3, 0.4) is 0 Å². The average molecular weight is 349 g/mol. The molecule has 2 heterocycles. The molecule has 1 atom stereocenters. The third-order valence-corrected chi connectivity index (χ3v) is 4.23. The van der Waals surface area contributed by atoms with E-state index < -0.39 is 5.91 Å². The van der Waals surface area contributed by atoms with Gasteiger partial charge in [-0.05, 0) is 31.5 Å². The van der Waals surface area contributed by atoms with Crippen molar-refractivity contribution in [3.63, 3.8) is 0 Å². The van der Waals surface area contributed by atoms with Gasteiger partial charge in [0.15, 0.2) is 0 Å². The zero-order valence-electron chi connectivity index (χ0n) is 14.6. The number of nitrogens with two attached hydrogens (primary N) is 1. The highest BCUT2D eigenvalue weighted by atomic mass is 16.1. The predicted octanol–water partition coefficient (Wildman–Crippen LogP) is 2.58. The fourth-order valence-electron chi connectivity index (χ4n) is 2.95. The molecule has 0 spiro atoms. The SMILES string of the molecule is NC(=O)c1cccc2c(NC3CCCNC3)ncnc12.c1ccccc1. The van der Waals surface area contributed by atoms with Crippen molar-refractivity contribution in [2.24, 2.45) is 5.73 Å². The Bertz CT molecular complexity index is 820. The highest BCUT2D eigenvalue weighted by Gasteiger charge is 2.16. The van der Waals surface area contributed by atoms with Crippen LogP contribution in [0.1, 0.15) is 23.2 Å². The zero-order valence-corrected chi connectivity index (χ0v) is 14.6. The molecule has 1 unspecified atom stereocenters. The molecule has 134 valence electrons. The summed E-state index contributed by atoms with van der Waals surface area (Å²) in [6, 6.07) is 17.7. The number of amides is 1. The van der Waals surface area contributed by atoms with E-state index in [0.717, 1.165) is 37.1 Å². The van der Waals surface area contributed by atoms with Gasteiger partial charge in [0, 0.05) is 18.0 Å². The number of para-hydroxylation sites is 1. The first-order chi connectivity index (χ1) is 12.8. The lowest BCUT2D eigenvalue weighted by atomic mass is 10.1. The minimum atomic E-state index is -0.473. The van der Waals surface area contributed by atoms with Crippen molar-refractivity contribution in [1.29, 1.82) is 0 Å². The Kier molecular flexibility index (Phi) is 6.11. The molecular formula is C20H23N5O. The lowest BCUT2D eigenvalue weighted by Gasteiger charge is -2.24. The minimum absolute atomic E-state index is 0.346. The van der Waals surface area contributed by atoms with Crippen LogP contribution in [-0.4, -0.2) is 35.0 Å². The number of fused-ring (bicyclic) bond motifs is 1. The van der Waals surface area contributed by atoms with E-state index in [1.807, 2.05) is 42.5 Å². The second-order valence-electron chi connectivity index (χ2n) is 6.13. The summed E-state index contributed by atoms with van der Waals surface area (Å²) in [6.07, 6.45) is 3.72. The quantitative estimate of drug-likeness (QED) is 0.676. The summed E-state index contributed by atoms with van der Waals surface area (Å²) >= 11 is 0. The van der Waals surface area contributed by atoms with Gasteiger partial charge in [-0.25, -0.2) is 9.97 Å². The molecule has 6 heteroatoms. The summed E-state index contributed by atoms with van der Waals surface area (Å²) in [5.74, 6) is 0.284. The molecule has 1 fully saturated rings.